The molecule has 166 valence electrons. The first-order valence-electron chi connectivity index (χ1n) is 9.65. The maximum absolute atomic E-state index is 12.4. The summed E-state index contributed by atoms with van der Waals surface area (Å²) in [5.74, 6) is 0.0517. The van der Waals surface area contributed by atoms with Crippen LogP contribution in [0.4, 0.5) is 0 Å². The van der Waals surface area contributed by atoms with Gasteiger partial charge in [0.2, 0.25) is 10.0 Å². The molecule has 10 heteroatoms. The normalized spacial score (nSPS) is 11.9. The van der Waals surface area contributed by atoms with Crippen molar-refractivity contribution < 1.29 is 17.9 Å². The number of halogens is 2. The lowest BCUT2D eigenvalue weighted by Gasteiger charge is -2.11. The number of rotatable bonds is 8. The summed E-state index contributed by atoms with van der Waals surface area (Å²) in [6.45, 7) is 2.62. The number of benzene rings is 2. The number of carbonyl (C=O) groups is 1. The van der Waals surface area contributed by atoms with Crippen LogP contribution >= 0.6 is 23.2 Å². The second-order valence-electron chi connectivity index (χ2n) is 7.16. The molecule has 0 radical (unpaired) electrons. The van der Waals surface area contributed by atoms with E-state index in [4.69, 9.17) is 27.9 Å². The van der Waals surface area contributed by atoms with Crippen LogP contribution in [0.1, 0.15) is 24.7 Å². The van der Waals surface area contributed by atoms with Gasteiger partial charge in [-0.05, 0) is 36.8 Å². The maximum atomic E-state index is 12.4. The van der Waals surface area contributed by atoms with Crippen molar-refractivity contribution in [1.82, 2.24) is 13.9 Å². The van der Waals surface area contributed by atoms with Crippen molar-refractivity contribution >= 4 is 50.2 Å². The molecular formula is C21H23Cl2N3O4S. The highest BCUT2D eigenvalue weighted by Crippen LogP contribution is 2.26. The molecule has 0 fully saturated rings. The number of aromatic nitrogens is 2. The number of sulfonamides is 1. The lowest BCUT2D eigenvalue weighted by molar-refractivity contribution is -0.144. The van der Waals surface area contributed by atoms with E-state index in [0.29, 0.717) is 33.5 Å². The van der Waals surface area contributed by atoms with Crippen molar-refractivity contribution in [3.63, 3.8) is 0 Å². The van der Waals surface area contributed by atoms with Crippen molar-refractivity contribution in [2.24, 2.45) is 0 Å². The molecule has 1 aromatic heterocycles. The number of fused-ring (bicyclic) bond motifs is 1. The molecule has 0 saturated heterocycles. The van der Waals surface area contributed by atoms with Crippen LogP contribution < -0.4 is 0 Å². The Morgan fingerprint density at radius 2 is 1.84 bits per heavy atom. The van der Waals surface area contributed by atoms with Gasteiger partial charge in [-0.25, -0.2) is 17.7 Å². The van der Waals surface area contributed by atoms with Crippen LogP contribution in [0.3, 0.4) is 0 Å². The van der Waals surface area contributed by atoms with E-state index >= 15 is 0 Å². The summed E-state index contributed by atoms with van der Waals surface area (Å²) >= 11 is 12.2. The van der Waals surface area contributed by atoms with E-state index in [9.17, 15) is 13.2 Å². The molecule has 0 N–H and O–H groups in total. The SMILES string of the molecule is CCCn1c(COC(=O)Cc2c(Cl)cccc2Cl)nc2cc(S(=O)(=O)N(C)C)ccc21. The largest absolute Gasteiger partial charge is 0.457 e. The van der Waals surface area contributed by atoms with E-state index in [-0.39, 0.29) is 17.9 Å². The van der Waals surface area contributed by atoms with Gasteiger partial charge in [-0.3, -0.25) is 4.79 Å². The standard InChI is InChI=1S/C21H23Cl2N3O4S/c1-4-10-26-19-9-8-14(31(28,29)25(2)3)11-18(19)24-20(26)13-30-21(27)12-15-16(22)6-5-7-17(15)23/h5-9,11H,4,10,12-13H2,1-3H3. The fraction of sp³-hybridized carbons (Fsp3) is 0.333. The van der Waals surface area contributed by atoms with Crippen LogP contribution in [-0.4, -0.2) is 42.3 Å². The molecule has 7 nitrogen and oxygen atoms in total. The summed E-state index contributed by atoms with van der Waals surface area (Å²) in [7, 11) is -0.624. The van der Waals surface area contributed by atoms with E-state index in [1.54, 1.807) is 30.3 Å². The van der Waals surface area contributed by atoms with Crippen molar-refractivity contribution in [2.75, 3.05) is 14.1 Å². The predicted octanol–water partition coefficient (Wildman–Crippen LogP) is 4.29. The second-order valence-corrected chi connectivity index (χ2v) is 10.1. The van der Waals surface area contributed by atoms with Crippen LogP contribution in [0.5, 0.6) is 0 Å². The van der Waals surface area contributed by atoms with Gasteiger partial charge in [0.15, 0.2) is 0 Å². The van der Waals surface area contributed by atoms with Crippen molar-refractivity contribution in [2.45, 2.75) is 37.8 Å². The van der Waals surface area contributed by atoms with Gasteiger partial charge < -0.3 is 9.30 Å². The molecular weight excluding hydrogens is 461 g/mol. The first-order chi connectivity index (χ1) is 14.6. The van der Waals surface area contributed by atoms with Gasteiger partial charge in [0.25, 0.3) is 0 Å². The number of esters is 1. The highest BCUT2D eigenvalue weighted by Gasteiger charge is 2.20. The van der Waals surface area contributed by atoms with E-state index in [1.165, 1.54) is 20.2 Å². The van der Waals surface area contributed by atoms with E-state index < -0.39 is 16.0 Å². The molecule has 0 aliphatic rings. The van der Waals surface area contributed by atoms with Crippen molar-refractivity contribution in [3.8, 4) is 0 Å². The highest BCUT2D eigenvalue weighted by molar-refractivity contribution is 7.89. The van der Waals surface area contributed by atoms with E-state index in [0.717, 1.165) is 16.2 Å². The minimum absolute atomic E-state index is 0.0502. The molecule has 0 bridgehead atoms. The van der Waals surface area contributed by atoms with E-state index in [2.05, 4.69) is 4.98 Å². The molecule has 0 unspecified atom stereocenters. The number of ether oxygens (including phenoxy) is 1. The molecule has 2 aromatic carbocycles. The van der Waals surface area contributed by atoms with Crippen LogP contribution in [0.25, 0.3) is 11.0 Å². The van der Waals surface area contributed by atoms with Gasteiger partial charge in [0, 0.05) is 36.2 Å². The topological polar surface area (TPSA) is 81.5 Å². The van der Waals surface area contributed by atoms with Gasteiger partial charge in [0.05, 0.1) is 22.3 Å². The zero-order valence-corrected chi connectivity index (χ0v) is 19.8. The van der Waals surface area contributed by atoms with Gasteiger partial charge in [-0.15, -0.1) is 0 Å². The smallest absolute Gasteiger partial charge is 0.310 e. The van der Waals surface area contributed by atoms with Crippen molar-refractivity contribution in [1.29, 1.82) is 0 Å². The predicted molar refractivity (Wildman–Crippen MR) is 121 cm³/mol. The average molecular weight is 484 g/mol. The molecule has 1 heterocycles. The Labute approximate surface area is 191 Å². The van der Waals surface area contributed by atoms with Gasteiger partial charge >= 0.3 is 5.97 Å². The molecule has 0 atom stereocenters. The molecule has 3 rings (SSSR count). The Morgan fingerprint density at radius 1 is 1.16 bits per heavy atom. The molecule has 0 saturated carbocycles. The molecule has 0 aliphatic heterocycles. The van der Waals surface area contributed by atoms with Crippen LogP contribution in [0.2, 0.25) is 10.0 Å². The van der Waals surface area contributed by atoms with Gasteiger partial charge in [-0.2, -0.15) is 0 Å². The molecule has 0 amide bonds. The third-order valence-electron chi connectivity index (χ3n) is 4.77. The lowest BCUT2D eigenvalue weighted by atomic mass is 10.1. The third kappa shape index (κ3) is 5.03. The average Bonchev–Trinajstić information content (AvgIpc) is 3.06. The number of imidazole rings is 1. The summed E-state index contributed by atoms with van der Waals surface area (Å²) in [5.41, 5.74) is 1.81. The zero-order valence-electron chi connectivity index (χ0n) is 17.4. The van der Waals surface area contributed by atoms with Crippen LogP contribution in [-0.2, 0) is 39.1 Å². The Bertz CT molecular complexity index is 1200. The van der Waals surface area contributed by atoms with Crippen LogP contribution in [0.15, 0.2) is 41.3 Å². The molecule has 3 aromatic rings. The number of aryl methyl sites for hydroxylation is 1. The van der Waals surface area contributed by atoms with E-state index in [1.807, 2.05) is 11.5 Å². The quantitative estimate of drug-likeness (QED) is 0.446. The zero-order chi connectivity index (χ0) is 22.8. The monoisotopic (exact) mass is 483 g/mol. The summed E-state index contributed by atoms with van der Waals surface area (Å²) in [5, 5.41) is 0.801. The highest BCUT2D eigenvalue weighted by atomic mass is 35.5. The summed E-state index contributed by atoms with van der Waals surface area (Å²) in [6.07, 6.45) is 0.775. The maximum Gasteiger partial charge on any atom is 0.310 e. The number of carbonyl (C=O) groups excluding carboxylic acids is 1. The number of hydrogen-bond acceptors (Lipinski definition) is 5. The Morgan fingerprint density at radius 3 is 2.45 bits per heavy atom. The van der Waals surface area contributed by atoms with Crippen LogP contribution in [0, 0.1) is 0 Å². The van der Waals surface area contributed by atoms with Gasteiger partial charge in [-0.1, -0.05) is 36.2 Å². The molecule has 0 aliphatic carbocycles. The molecule has 31 heavy (non-hydrogen) atoms. The van der Waals surface area contributed by atoms with Gasteiger partial charge in [0.1, 0.15) is 12.4 Å². The Hall–Kier alpha value is -2.13. The second kappa shape index (κ2) is 9.56. The first-order valence-corrected chi connectivity index (χ1v) is 11.8. The first kappa shape index (κ1) is 23.5. The summed E-state index contributed by atoms with van der Waals surface area (Å²) in [4.78, 5) is 17.1. The minimum Gasteiger partial charge on any atom is -0.457 e. The molecule has 0 spiro atoms. The summed E-state index contributed by atoms with van der Waals surface area (Å²) in [6, 6.07) is 9.85. The fourth-order valence-electron chi connectivity index (χ4n) is 3.16. The third-order valence-corrected chi connectivity index (χ3v) is 7.29. The fourth-order valence-corrected chi connectivity index (χ4v) is 4.61. The van der Waals surface area contributed by atoms with Crippen molar-refractivity contribution in [3.05, 3.63) is 57.8 Å². The minimum atomic E-state index is -3.58. The summed E-state index contributed by atoms with van der Waals surface area (Å²) < 4.78 is 33.4. The number of hydrogen-bond donors (Lipinski definition) is 0. The Kier molecular flexibility index (Phi) is 7.26. The number of nitrogens with zero attached hydrogens (tertiary/aromatic N) is 3. The lowest BCUT2D eigenvalue weighted by Crippen LogP contribution is -2.22. The Balaban J connectivity index is 1.85.